The van der Waals surface area contributed by atoms with Gasteiger partial charge in [0.15, 0.2) is 0 Å². The molecule has 0 saturated carbocycles. The lowest BCUT2D eigenvalue weighted by atomic mass is 10.2. The number of ether oxygens (including phenoxy) is 1. The van der Waals surface area contributed by atoms with Crippen LogP contribution in [0.5, 0.6) is 0 Å². The standard InChI is InChI=1S/C8H19O4P.C5H12O/c1-3-4-5-6-7-8-12-13(9,10)11-2;1-3-4-5-6-2/h3-8H2,1-2H3,(H,9,10);3-5H2,1-2H3/p-1. The predicted molar refractivity (Wildman–Crippen MR) is 76.1 cm³/mol. The lowest BCUT2D eigenvalue weighted by Crippen LogP contribution is -2.06. The Bertz CT molecular complexity index is 207. The number of rotatable bonds is 11. The molecule has 1 unspecified atom stereocenters. The van der Waals surface area contributed by atoms with E-state index in [-0.39, 0.29) is 6.61 Å². The fourth-order valence-corrected chi connectivity index (χ4v) is 1.68. The number of phosphoric ester groups is 1. The molecule has 0 N–H and O–H groups in total. The fourth-order valence-electron chi connectivity index (χ4n) is 1.22. The van der Waals surface area contributed by atoms with Crippen molar-refractivity contribution in [1.29, 1.82) is 0 Å². The summed E-state index contributed by atoms with van der Waals surface area (Å²) in [5, 5.41) is 0. The largest absolute Gasteiger partial charge is 0.756 e. The van der Waals surface area contributed by atoms with E-state index in [1.165, 1.54) is 25.7 Å². The molecule has 0 aromatic rings. The second-order valence-corrected chi connectivity index (χ2v) is 5.74. The zero-order chi connectivity index (χ0) is 15.0. The summed E-state index contributed by atoms with van der Waals surface area (Å²) in [6.45, 7) is 5.43. The van der Waals surface area contributed by atoms with Gasteiger partial charge in [0.05, 0.1) is 6.61 Å². The first kappa shape index (κ1) is 21.4. The van der Waals surface area contributed by atoms with Crippen molar-refractivity contribution in [3.8, 4) is 0 Å². The Hall–Kier alpha value is 0.0700. The van der Waals surface area contributed by atoms with Gasteiger partial charge in [-0.1, -0.05) is 46.0 Å². The Labute approximate surface area is 118 Å². The molecule has 0 radical (unpaired) electrons. The zero-order valence-electron chi connectivity index (χ0n) is 12.9. The molecule has 19 heavy (non-hydrogen) atoms. The minimum atomic E-state index is -3.98. The number of hydrogen-bond donors (Lipinski definition) is 0. The Balaban J connectivity index is 0. The van der Waals surface area contributed by atoms with Gasteiger partial charge in [-0.25, -0.2) is 0 Å². The van der Waals surface area contributed by atoms with Crippen molar-refractivity contribution in [3.05, 3.63) is 0 Å². The van der Waals surface area contributed by atoms with Crippen molar-refractivity contribution in [1.82, 2.24) is 0 Å². The lowest BCUT2D eigenvalue weighted by molar-refractivity contribution is -0.223. The van der Waals surface area contributed by atoms with Crippen LogP contribution in [0.3, 0.4) is 0 Å². The van der Waals surface area contributed by atoms with Crippen LogP contribution in [0.4, 0.5) is 0 Å². The molecule has 0 saturated heterocycles. The third kappa shape index (κ3) is 20.5. The van der Waals surface area contributed by atoms with Gasteiger partial charge in [-0.05, 0) is 12.8 Å². The smallest absolute Gasteiger partial charge is 0.267 e. The average Bonchev–Trinajstić information content (AvgIpc) is 2.41. The van der Waals surface area contributed by atoms with Crippen molar-refractivity contribution in [3.63, 3.8) is 0 Å². The molecule has 6 heteroatoms. The highest BCUT2D eigenvalue weighted by Crippen LogP contribution is 2.36. The highest BCUT2D eigenvalue weighted by molar-refractivity contribution is 7.45. The van der Waals surface area contributed by atoms with Gasteiger partial charge in [-0.2, -0.15) is 0 Å². The molecule has 0 amide bonds. The van der Waals surface area contributed by atoms with E-state index in [1.54, 1.807) is 7.11 Å². The molecule has 0 aromatic carbocycles. The molecule has 0 bridgehead atoms. The predicted octanol–water partition coefficient (Wildman–Crippen LogP) is 3.52. The normalized spacial score (nSPS) is 13.5. The first-order valence-corrected chi connectivity index (χ1v) is 8.50. The van der Waals surface area contributed by atoms with E-state index in [1.807, 2.05) is 0 Å². The van der Waals surface area contributed by atoms with Gasteiger partial charge < -0.3 is 18.7 Å². The maximum atomic E-state index is 10.7. The Morgan fingerprint density at radius 2 is 1.47 bits per heavy atom. The highest BCUT2D eigenvalue weighted by Gasteiger charge is 2.04. The summed E-state index contributed by atoms with van der Waals surface area (Å²) in [5.41, 5.74) is 0. The van der Waals surface area contributed by atoms with Crippen LogP contribution in [0, 0.1) is 0 Å². The summed E-state index contributed by atoms with van der Waals surface area (Å²) in [7, 11) is -1.15. The molecule has 0 aliphatic carbocycles. The van der Waals surface area contributed by atoms with Crippen molar-refractivity contribution >= 4 is 7.82 Å². The van der Waals surface area contributed by atoms with E-state index in [4.69, 9.17) is 4.74 Å². The summed E-state index contributed by atoms with van der Waals surface area (Å²) >= 11 is 0. The van der Waals surface area contributed by atoms with Gasteiger partial charge in [0, 0.05) is 20.8 Å². The fraction of sp³-hybridized carbons (Fsp3) is 1.00. The lowest BCUT2D eigenvalue weighted by Gasteiger charge is -2.19. The molecular weight excluding hydrogens is 267 g/mol. The Kier molecular flexibility index (Phi) is 18.1. The average molecular weight is 297 g/mol. The van der Waals surface area contributed by atoms with E-state index in [2.05, 4.69) is 22.9 Å². The van der Waals surface area contributed by atoms with E-state index in [0.717, 1.165) is 33.0 Å². The van der Waals surface area contributed by atoms with Crippen LogP contribution in [-0.4, -0.2) is 27.4 Å². The third-order valence-electron chi connectivity index (χ3n) is 2.42. The van der Waals surface area contributed by atoms with Gasteiger partial charge in [0.2, 0.25) is 0 Å². The van der Waals surface area contributed by atoms with Crippen LogP contribution in [0.2, 0.25) is 0 Å². The van der Waals surface area contributed by atoms with Crippen LogP contribution in [0.1, 0.15) is 58.8 Å². The number of unbranched alkanes of at least 4 members (excludes halogenated alkanes) is 5. The summed E-state index contributed by atoms with van der Waals surface area (Å²) in [6.07, 6.45) is 7.71. The van der Waals surface area contributed by atoms with Crippen molar-refractivity contribution < 1.29 is 23.2 Å². The van der Waals surface area contributed by atoms with Crippen molar-refractivity contribution in [2.45, 2.75) is 58.8 Å². The first-order valence-electron chi connectivity index (χ1n) is 7.04. The Morgan fingerprint density at radius 3 is 1.89 bits per heavy atom. The van der Waals surface area contributed by atoms with E-state index in [9.17, 15) is 9.46 Å². The molecule has 0 rings (SSSR count). The molecular formula is C13H30O5P-. The molecule has 5 nitrogen and oxygen atoms in total. The summed E-state index contributed by atoms with van der Waals surface area (Å²) < 4.78 is 24.1. The maximum Gasteiger partial charge on any atom is 0.267 e. The van der Waals surface area contributed by atoms with Gasteiger partial charge in [0.25, 0.3) is 7.82 Å². The van der Waals surface area contributed by atoms with E-state index >= 15 is 0 Å². The number of hydrogen-bond acceptors (Lipinski definition) is 5. The summed E-state index contributed by atoms with van der Waals surface area (Å²) in [5.74, 6) is 0. The second kappa shape index (κ2) is 16.1. The first-order chi connectivity index (χ1) is 9.04. The minimum absolute atomic E-state index is 0.234. The highest BCUT2D eigenvalue weighted by atomic mass is 31.2. The SMILES string of the molecule is CCCCCCCOP(=O)([O-])OC.CCCCOC. The van der Waals surface area contributed by atoms with E-state index in [0.29, 0.717) is 0 Å². The number of phosphoric acid groups is 1. The molecule has 118 valence electrons. The molecule has 0 aromatic heterocycles. The topological polar surface area (TPSA) is 67.8 Å². The molecule has 0 fully saturated rings. The van der Waals surface area contributed by atoms with Crippen molar-refractivity contribution in [2.75, 3.05) is 27.4 Å². The van der Waals surface area contributed by atoms with Gasteiger partial charge in [-0.3, -0.25) is 4.57 Å². The molecule has 0 aliphatic rings. The van der Waals surface area contributed by atoms with Crippen LogP contribution in [-0.2, 0) is 18.3 Å². The molecule has 1 atom stereocenters. The second-order valence-electron chi connectivity index (χ2n) is 4.22. The van der Waals surface area contributed by atoms with Crippen LogP contribution >= 0.6 is 7.82 Å². The zero-order valence-corrected chi connectivity index (χ0v) is 13.7. The van der Waals surface area contributed by atoms with Crippen LogP contribution < -0.4 is 4.89 Å². The van der Waals surface area contributed by atoms with Gasteiger partial charge >= 0.3 is 0 Å². The van der Waals surface area contributed by atoms with Crippen LogP contribution in [0.15, 0.2) is 0 Å². The summed E-state index contributed by atoms with van der Waals surface area (Å²) in [4.78, 5) is 10.7. The summed E-state index contributed by atoms with van der Waals surface area (Å²) in [6, 6.07) is 0. The number of methoxy groups -OCH3 is 1. The van der Waals surface area contributed by atoms with E-state index < -0.39 is 7.82 Å². The third-order valence-corrected chi connectivity index (χ3v) is 3.37. The molecule has 0 heterocycles. The maximum absolute atomic E-state index is 10.7. The Morgan fingerprint density at radius 1 is 0.895 bits per heavy atom. The molecule has 0 aliphatic heterocycles. The van der Waals surface area contributed by atoms with Gasteiger partial charge in [-0.15, -0.1) is 0 Å². The minimum Gasteiger partial charge on any atom is -0.756 e. The monoisotopic (exact) mass is 297 g/mol. The quantitative estimate of drug-likeness (QED) is 0.431. The van der Waals surface area contributed by atoms with Gasteiger partial charge in [0.1, 0.15) is 0 Å². The molecule has 0 spiro atoms. The van der Waals surface area contributed by atoms with Crippen molar-refractivity contribution in [2.24, 2.45) is 0 Å². The van der Waals surface area contributed by atoms with Crippen LogP contribution in [0.25, 0.3) is 0 Å².